The Balaban J connectivity index is 1.22. The summed E-state index contributed by atoms with van der Waals surface area (Å²) in [6.07, 6.45) is 0. The maximum absolute atomic E-state index is 7.10. The Labute approximate surface area is 284 Å². The van der Waals surface area contributed by atoms with Gasteiger partial charge in [-0.1, -0.05) is 127 Å². The molecule has 224 valence electrons. The van der Waals surface area contributed by atoms with Crippen LogP contribution in [0.3, 0.4) is 0 Å². The predicted octanol–water partition coefficient (Wildman–Crippen LogP) is 12.5. The summed E-state index contributed by atoms with van der Waals surface area (Å²) in [5, 5.41) is 12.4. The van der Waals surface area contributed by atoms with Crippen molar-refractivity contribution in [1.29, 1.82) is 0 Å². The molecule has 0 saturated heterocycles. The Morgan fingerprint density at radius 1 is 0.375 bits per heavy atom. The number of fused-ring (bicyclic) bond motifs is 8. The van der Waals surface area contributed by atoms with Gasteiger partial charge in [0.2, 0.25) is 0 Å². The molecule has 0 aliphatic carbocycles. The van der Waals surface area contributed by atoms with E-state index in [0.29, 0.717) is 22.5 Å². The largest absolute Gasteiger partial charge is 0.208 e. The molecule has 0 N–H and O–H groups in total. The minimum absolute atomic E-state index is 0.550. The van der Waals surface area contributed by atoms with Crippen LogP contribution in [0, 0.1) is 0 Å². The van der Waals surface area contributed by atoms with Gasteiger partial charge in [0.1, 0.15) is 0 Å². The molecule has 10 aromatic rings. The van der Waals surface area contributed by atoms with Gasteiger partial charge in [0.15, 0.2) is 17.5 Å². The topological polar surface area (TPSA) is 38.7 Å². The molecule has 2 heterocycles. The lowest BCUT2D eigenvalue weighted by molar-refractivity contribution is 1.08. The Kier molecular flexibility index (Phi) is 6.10. The first-order valence-electron chi connectivity index (χ1n) is 15.9. The summed E-state index contributed by atoms with van der Waals surface area (Å²) in [5.41, 5.74) is 2.66. The van der Waals surface area contributed by atoms with Crippen molar-refractivity contribution in [3.05, 3.63) is 151 Å². The van der Waals surface area contributed by atoms with Gasteiger partial charge in [-0.05, 0) is 73.4 Å². The Hall–Kier alpha value is -5.68. The number of halogens is 1. The van der Waals surface area contributed by atoms with Crippen LogP contribution in [0.15, 0.2) is 146 Å². The molecule has 2 aromatic heterocycles. The van der Waals surface area contributed by atoms with E-state index in [-0.39, 0.29) is 0 Å². The van der Waals surface area contributed by atoms with Crippen LogP contribution in [-0.4, -0.2) is 15.0 Å². The molecular weight excluding hydrogens is 626 g/mol. The van der Waals surface area contributed by atoms with Crippen LogP contribution in [0.2, 0.25) is 5.02 Å². The second-order valence-corrected chi connectivity index (χ2v) is 13.7. The summed E-state index contributed by atoms with van der Waals surface area (Å²) in [5.74, 6) is 1.77. The molecule has 48 heavy (non-hydrogen) atoms. The highest BCUT2D eigenvalue weighted by Crippen LogP contribution is 2.42. The highest BCUT2D eigenvalue weighted by molar-refractivity contribution is 7.26. The van der Waals surface area contributed by atoms with Gasteiger partial charge in [-0.25, -0.2) is 15.0 Å². The summed E-state index contributed by atoms with van der Waals surface area (Å²) in [6, 6.07) is 51.2. The minimum atomic E-state index is 0.550. The SMILES string of the molecule is Clc1cc2sc3cc4ccccc4cc3c2cc1-c1nc(-c2ccc3c(ccc4ccccc43)c2)nc(-c2cccc3ccccc23)n1. The molecule has 0 fully saturated rings. The molecule has 5 heteroatoms. The van der Waals surface area contributed by atoms with Crippen molar-refractivity contribution in [2.75, 3.05) is 0 Å². The van der Waals surface area contributed by atoms with E-state index in [0.717, 1.165) is 42.9 Å². The fourth-order valence-corrected chi connectivity index (χ4v) is 8.44. The highest BCUT2D eigenvalue weighted by atomic mass is 35.5. The molecule has 0 bridgehead atoms. The van der Waals surface area contributed by atoms with E-state index >= 15 is 0 Å². The Morgan fingerprint density at radius 3 is 1.79 bits per heavy atom. The quantitative estimate of drug-likeness (QED) is 0.179. The van der Waals surface area contributed by atoms with E-state index in [9.17, 15) is 0 Å². The zero-order valence-corrected chi connectivity index (χ0v) is 27.1. The average molecular weight is 650 g/mol. The summed E-state index contributed by atoms with van der Waals surface area (Å²) in [7, 11) is 0. The maximum Gasteiger partial charge on any atom is 0.165 e. The smallest absolute Gasteiger partial charge is 0.165 e. The normalized spacial score (nSPS) is 11.9. The predicted molar refractivity (Wildman–Crippen MR) is 204 cm³/mol. The number of rotatable bonds is 3. The Bertz CT molecular complexity index is 2920. The van der Waals surface area contributed by atoms with Crippen LogP contribution in [0.1, 0.15) is 0 Å². The third-order valence-electron chi connectivity index (χ3n) is 9.34. The third-order valence-corrected chi connectivity index (χ3v) is 10.8. The zero-order valence-electron chi connectivity index (χ0n) is 25.5. The van der Waals surface area contributed by atoms with Crippen LogP contribution in [0.5, 0.6) is 0 Å². The highest BCUT2D eigenvalue weighted by Gasteiger charge is 2.18. The van der Waals surface area contributed by atoms with Crippen LogP contribution in [-0.2, 0) is 0 Å². The number of aromatic nitrogens is 3. The van der Waals surface area contributed by atoms with Gasteiger partial charge in [-0.2, -0.15) is 0 Å². The van der Waals surface area contributed by atoms with Gasteiger partial charge in [-0.3, -0.25) is 0 Å². The molecule has 0 spiro atoms. The van der Waals surface area contributed by atoms with Crippen molar-refractivity contribution < 1.29 is 0 Å². The van der Waals surface area contributed by atoms with Crippen LogP contribution < -0.4 is 0 Å². The standard InChI is InChI=1S/C43H24ClN3S/c44-38-24-40-36(35-21-27-10-1-2-11-28(27)22-39(35)48-40)23-37(38)43-46-41(45-42(47-43)34-15-7-12-25-8-3-6-14-32(25)34)30-18-19-33-29(20-30)17-16-26-9-4-5-13-31(26)33/h1-24H. The van der Waals surface area contributed by atoms with Gasteiger partial charge in [0.25, 0.3) is 0 Å². The molecule has 10 rings (SSSR count). The molecule has 0 aliphatic rings. The van der Waals surface area contributed by atoms with E-state index in [1.165, 1.54) is 37.0 Å². The van der Waals surface area contributed by atoms with Crippen LogP contribution >= 0.6 is 22.9 Å². The number of hydrogen-bond acceptors (Lipinski definition) is 4. The van der Waals surface area contributed by atoms with E-state index in [1.54, 1.807) is 11.3 Å². The Morgan fingerprint density at radius 2 is 0.958 bits per heavy atom. The first-order valence-corrected chi connectivity index (χ1v) is 17.1. The number of benzene rings is 8. The molecule has 3 nitrogen and oxygen atoms in total. The maximum atomic E-state index is 7.10. The molecule has 0 unspecified atom stereocenters. The van der Waals surface area contributed by atoms with Gasteiger partial charge in [-0.15, -0.1) is 11.3 Å². The summed E-state index contributed by atoms with van der Waals surface area (Å²) >= 11 is 8.86. The third kappa shape index (κ3) is 4.38. The molecular formula is C43H24ClN3S. The lowest BCUT2D eigenvalue weighted by Crippen LogP contribution is -2.01. The van der Waals surface area contributed by atoms with Crippen molar-refractivity contribution in [2.45, 2.75) is 0 Å². The molecule has 0 atom stereocenters. The minimum Gasteiger partial charge on any atom is -0.208 e. The van der Waals surface area contributed by atoms with Gasteiger partial charge in [0, 0.05) is 36.9 Å². The van der Waals surface area contributed by atoms with Crippen molar-refractivity contribution in [3.8, 4) is 34.2 Å². The van der Waals surface area contributed by atoms with Crippen molar-refractivity contribution in [1.82, 2.24) is 15.0 Å². The fourth-order valence-electron chi connectivity index (χ4n) is 6.97. The second-order valence-electron chi connectivity index (χ2n) is 12.2. The van der Waals surface area contributed by atoms with E-state index in [2.05, 4.69) is 146 Å². The molecule has 8 aromatic carbocycles. The number of thiophene rings is 1. The fraction of sp³-hybridized carbons (Fsp3) is 0. The second kappa shape index (κ2) is 10.7. The van der Waals surface area contributed by atoms with E-state index < -0.39 is 0 Å². The van der Waals surface area contributed by atoms with Gasteiger partial charge in [0.05, 0.1) is 5.02 Å². The molecule has 0 amide bonds. The van der Waals surface area contributed by atoms with Crippen molar-refractivity contribution >= 4 is 86.2 Å². The summed E-state index contributed by atoms with van der Waals surface area (Å²) in [6.45, 7) is 0. The molecule has 0 radical (unpaired) electrons. The van der Waals surface area contributed by atoms with E-state index in [4.69, 9.17) is 26.6 Å². The van der Waals surface area contributed by atoms with E-state index in [1.807, 2.05) is 0 Å². The summed E-state index contributed by atoms with van der Waals surface area (Å²) < 4.78 is 2.37. The van der Waals surface area contributed by atoms with Crippen LogP contribution in [0.25, 0.3) is 97.4 Å². The molecule has 0 aliphatic heterocycles. The van der Waals surface area contributed by atoms with Gasteiger partial charge < -0.3 is 0 Å². The van der Waals surface area contributed by atoms with Crippen molar-refractivity contribution in [3.63, 3.8) is 0 Å². The lowest BCUT2D eigenvalue weighted by atomic mass is 10.00. The number of nitrogens with zero attached hydrogens (tertiary/aromatic N) is 3. The lowest BCUT2D eigenvalue weighted by Gasteiger charge is -2.12. The van der Waals surface area contributed by atoms with Gasteiger partial charge >= 0.3 is 0 Å². The first kappa shape index (κ1) is 27.4. The summed E-state index contributed by atoms with van der Waals surface area (Å²) in [4.78, 5) is 15.4. The number of hydrogen-bond donors (Lipinski definition) is 0. The monoisotopic (exact) mass is 649 g/mol. The first-order chi connectivity index (χ1) is 23.7. The van der Waals surface area contributed by atoms with Crippen LogP contribution in [0.4, 0.5) is 0 Å². The zero-order chi connectivity index (χ0) is 31.8. The van der Waals surface area contributed by atoms with Crippen molar-refractivity contribution in [2.24, 2.45) is 0 Å². The average Bonchev–Trinajstić information content (AvgIpc) is 3.48. The molecule has 0 saturated carbocycles.